The molecule has 0 spiro atoms. The minimum Gasteiger partial charge on any atom is -0.495 e. The van der Waals surface area contributed by atoms with E-state index < -0.39 is 10.0 Å². The number of rotatable bonds is 8. The molecular weight excluding hydrogens is 426 g/mol. The minimum atomic E-state index is -3.70. The first kappa shape index (κ1) is 24.1. The zero-order valence-electron chi connectivity index (χ0n) is 19.3. The van der Waals surface area contributed by atoms with E-state index in [2.05, 4.69) is 31.3 Å². The molecule has 7 nitrogen and oxygen atoms in total. The third kappa shape index (κ3) is 5.61. The van der Waals surface area contributed by atoms with E-state index >= 15 is 0 Å². The Kier molecular flexibility index (Phi) is 7.79. The number of carbonyl (C=O) groups excluding carboxylic acids is 1. The maximum absolute atomic E-state index is 13.2. The molecule has 1 heterocycles. The number of nitrogens with zero attached hydrogens (tertiary/aromatic N) is 2. The second-order valence-electron chi connectivity index (χ2n) is 8.48. The second-order valence-corrected chi connectivity index (χ2v) is 10.4. The van der Waals surface area contributed by atoms with Crippen LogP contribution in [0, 0.1) is 0 Å². The van der Waals surface area contributed by atoms with Gasteiger partial charge in [-0.2, -0.15) is 4.31 Å². The smallest absolute Gasteiger partial charge is 0.246 e. The summed E-state index contributed by atoms with van der Waals surface area (Å²) in [7, 11) is -0.388. The van der Waals surface area contributed by atoms with Crippen LogP contribution in [0.5, 0.6) is 5.75 Å². The summed E-state index contributed by atoms with van der Waals surface area (Å²) < 4.78 is 33.2. The Labute approximate surface area is 191 Å². The number of benzene rings is 2. The highest BCUT2D eigenvalue weighted by Gasteiger charge is 2.29. The standard InChI is InChI=1S/C24H33N3O4S/c1-18(2)19-9-8-10-21(15-19)26(3)17-24(28)25-20-11-12-22(31-4)23(16-20)32(29,30)27-13-6-5-7-14-27/h8-12,15-16,18H,5-7,13-14,17H2,1-4H3,(H,25,28). The van der Waals surface area contributed by atoms with Crippen LogP contribution in [0.3, 0.4) is 0 Å². The molecule has 8 heteroatoms. The third-order valence-electron chi connectivity index (χ3n) is 5.74. The van der Waals surface area contributed by atoms with Gasteiger partial charge in [-0.25, -0.2) is 8.42 Å². The van der Waals surface area contributed by atoms with Crippen LogP contribution in [0.25, 0.3) is 0 Å². The Morgan fingerprint density at radius 1 is 1.12 bits per heavy atom. The predicted molar refractivity (Wildman–Crippen MR) is 128 cm³/mol. The van der Waals surface area contributed by atoms with E-state index in [1.807, 2.05) is 24.1 Å². The number of carbonyl (C=O) groups is 1. The molecule has 0 unspecified atom stereocenters. The second kappa shape index (κ2) is 10.4. The number of hydrogen-bond donors (Lipinski definition) is 1. The first-order chi connectivity index (χ1) is 15.2. The lowest BCUT2D eigenvalue weighted by molar-refractivity contribution is -0.114. The number of anilines is 2. The van der Waals surface area contributed by atoms with Gasteiger partial charge in [-0.05, 0) is 54.7 Å². The molecule has 0 saturated carbocycles. The molecule has 0 aromatic heterocycles. The molecular formula is C24H33N3O4S. The molecule has 1 amide bonds. The highest BCUT2D eigenvalue weighted by Crippen LogP contribution is 2.31. The summed E-state index contributed by atoms with van der Waals surface area (Å²) in [6.07, 6.45) is 2.73. The largest absolute Gasteiger partial charge is 0.495 e. The number of hydrogen-bond acceptors (Lipinski definition) is 5. The average molecular weight is 460 g/mol. The van der Waals surface area contributed by atoms with Crippen LogP contribution in [0.2, 0.25) is 0 Å². The van der Waals surface area contributed by atoms with Crippen LogP contribution in [0.4, 0.5) is 11.4 Å². The van der Waals surface area contributed by atoms with Gasteiger partial charge in [0.25, 0.3) is 0 Å². The fourth-order valence-electron chi connectivity index (χ4n) is 3.83. The van der Waals surface area contributed by atoms with Gasteiger partial charge in [-0.15, -0.1) is 0 Å². The summed E-state index contributed by atoms with van der Waals surface area (Å²) in [6.45, 7) is 5.41. The molecule has 3 rings (SSSR count). The molecule has 1 N–H and O–H groups in total. The van der Waals surface area contributed by atoms with Crippen LogP contribution in [-0.2, 0) is 14.8 Å². The SMILES string of the molecule is COc1ccc(NC(=O)CN(C)c2cccc(C(C)C)c2)cc1S(=O)(=O)N1CCCCC1. The Morgan fingerprint density at radius 3 is 2.50 bits per heavy atom. The lowest BCUT2D eigenvalue weighted by Crippen LogP contribution is -2.36. The first-order valence-electron chi connectivity index (χ1n) is 11.0. The van der Waals surface area contributed by atoms with Crippen molar-refractivity contribution in [1.29, 1.82) is 0 Å². The molecule has 0 atom stereocenters. The van der Waals surface area contributed by atoms with Crippen LogP contribution in [0.1, 0.15) is 44.6 Å². The van der Waals surface area contributed by atoms with Crippen molar-refractivity contribution < 1.29 is 17.9 Å². The Bertz CT molecular complexity index is 1050. The quantitative estimate of drug-likeness (QED) is 0.644. The van der Waals surface area contributed by atoms with Crippen molar-refractivity contribution in [3.05, 3.63) is 48.0 Å². The van der Waals surface area contributed by atoms with E-state index in [-0.39, 0.29) is 23.1 Å². The zero-order chi connectivity index (χ0) is 23.3. The predicted octanol–water partition coefficient (Wildman–Crippen LogP) is 4.07. The van der Waals surface area contributed by atoms with Crippen LogP contribution >= 0.6 is 0 Å². The number of nitrogens with one attached hydrogen (secondary N) is 1. The van der Waals surface area contributed by atoms with Crippen molar-refractivity contribution in [3.63, 3.8) is 0 Å². The lowest BCUT2D eigenvalue weighted by atomic mass is 10.0. The van der Waals surface area contributed by atoms with Crippen molar-refractivity contribution in [2.45, 2.75) is 43.9 Å². The molecule has 2 aromatic carbocycles. The van der Waals surface area contributed by atoms with Gasteiger partial charge in [0, 0.05) is 31.5 Å². The normalized spacial score (nSPS) is 14.9. The minimum absolute atomic E-state index is 0.0812. The zero-order valence-corrected chi connectivity index (χ0v) is 20.1. The molecule has 0 radical (unpaired) electrons. The number of piperidine rings is 1. The van der Waals surface area contributed by atoms with Crippen molar-refractivity contribution >= 4 is 27.3 Å². The Morgan fingerprint density at radius 2 is 1.84 bits per heavy atom. The summed E-state index contributed by atoms with van der Waals surface area (Å²) in [6, 6.07) is 12.8. The maximum atomic E-state index is 13.2. The number of ether oxygens (including phenoxy) is 1. The maximum Gasteiger partial charge on any atom is 0.246 e. The lowest BCUT2D eigenvalue weighted by Gasteiger charge is -2.26. The Balaban J connectivity index is 1.75. The van der Waals surface area contributed by atoms with Gasteiger partial charge < -0.3 is 15.0 Å². The molecule has 2 aromatic rings. The van der Waals surface area contributed by atoms with Crippen molar-refractivity contribution in [2.24, 2.45) is 0 Å². The van der Waals surface area contributed by atoms with Gasteiger partial charge in [0.05, 0.1) is 13.7 Å². The fraction of sp³-hybridized carbons (Fsp3) is 0.458. The number of sulfonamides is 1. The molecule has 1 aliphatic rings. The molecule has 1 fully saturated rings. The van der Waals surface area contributed by atoms with E-state index in [4.69, 9.17) is 4.74 Å². The van der Waals surface area contributed by atoms with Gasteiger partial charge in [0.1, 0.15) is 10.6 Å². The van der Waals surface area contributed by atoms with Crippen LogP contribution in [-0.4, -0.2) is 52.4 Å². The molecule has 32 heavy (non-hydrogen) atoms. The van der Waals surface area contributed by atoms with Crippen LogP contribution < -0.4 is 15.0 Å². The van der Waals surface area contributed by atoms with Crippen molar-refractivity contribution in [1.82, 2.24) is 4.31 Å². The highest BCUT2D eigenvalue weighted by atomic mass is 32.2. The number of amides is 1. The summed E-state index contributed by atoms with van der Waals surface area (Å²) in [5, 5.41) is 2.83. The van der Waals surface area contributed by atoms with Gasteiger partial charge in [-0.3, -0.25) is 4.79 Å². The fourth-order valence-corrected chi connectivity index (χ4v) is 5.53. The summed E-state index contributed by atoms with van der Waals surface area (Å²) >= 11 is 0. The average Bonchev–Trinajstić information content (AvgIpc) is 2.79. The van der Waals surface area contributed by atoms with Gasteiger partial charge >= 0.3 is 0 Å². The van der Waals surface area contributed by atoms with Gasteiger partial charge in [-0.1, -0.05) is 32.4 Å². The van der Waals surface area contributed by atoms with Crippen LogP contribution in [0.15, 0.2) is 47.4 Å². The summed E-state index contributed by atoms with van der Waals surface area (Å²) in [5.41, 5.74) is 2.59. The van der Waals surface area contributed by atoms with E-state index in [0.29, 0.717) is 24.7 Å². The van der Waals surface area contributed by atoms with Crippen molar-refractivity contribution in [3.8, 4) is 5.75 Å². The summed E-state index contributed by atoms with van der Waals surface area (Å²) in [5.74, 6) is 0.446. The van der Waals surface area contributed by atoms with E-state index in [9.17, 15) is 13.2 Å². The van der Waals surface area contributed by atoms with E-state index in [1.54, 1.807) is 12.1 Å². The highest BCUT2D eigenvalue weighted by molar-refractivity contribution is 7.89. The molecule has 174 valence electrons. The number of methoxy groups -OCH3 is 1. The third-order valence-corrected chi connectivity index (χ3v) is 7.66. The van der Waals surface area contributed by atoms with E-state index in [0.717, 1.165) is 24.9 Å². The molecule has 0 bridgehead atoms. The van der Waals surface area contributed by atoms with Gasteiger partial charge in [0.2, 0.25) is 15.9 Å². The Hall–Kier alpha value is -2.58. The van der Waals surface area contributed by atoms with Crippen molar-refractivity contribution in [2.75, 3.05) is 44.0 Å². The molecule has 1 aliphatic heterocycles. The monoisotopic (exact) mass is 459 g/mol. The first-order valence-corrected chi connectivity index (χ1v) is 12.5. The molecule has 0 aliphatic carbocycles. The van der Waals surface area contributed by atoms with E-state index in [1.165, 1.54) is 23.0 Å². The molecule has 1 saturated heterocycles. The van der Waals surface area contributed by atoms with Gasteiger partial charge in [0.15, 0.2) is 0 Å². The number of likely N-dealkylation sites (N-methyl/N-ethyl adjacent to an activating group) is 1. The topological polar surface area (TPSA) is 79.0 Å². The summed E-state index contributed by atoms with van der Waals surface area (Å²) in [4.78, 5) is 14.6.